The molecule has 0 saturated carbocycles. The van der Waals surface area contributed by atoms with Gasteiger partial charge in [0, 0.05) is 39.2 Å². The van der Waals surface area contributed by atoms with Crippen LogP contribution in [0.2, 0.25) is 0 Å². The van der Waals surface area contributed by atoms with E-state index in [4.69, 9.17) is 10.8 Å². The van der Waals surface area contributed by atoms with Crippen LogP contribution < -0.4 is 16.2 Å². The van der Waals surface area contributed by atoms with E-state index in [0.717, 1.165) is 30.3 Å². The first-order valence-electron chi connectivity index (χ1n) is 13.8. The minimum absolute atomic E-state index is 0.242. The predicted octanol–water partition coefficient (Wildman–Crippen LogP) is 1.84. The molecule has 0 radical (unpaired) electrons. The van der Waals surface area contributed by atoms with E-state index >= 15 is 4.39 Å². The summed E-state index contributed by atoms with van der Waals surface area (Å²) in [5.74, 6) is -7.69. The third-order valence-electron chi connectivity index (χ3n) is 7.71. The number of aromatic nitrogens is 2. The molecule has 1 aromatic heterocycles. The molecule has 1 heterocycles. The average molecular weight is 628 g/mol. The highest BCUT2D eigenvalue weighted by Gasteiger charge is 2.51. The van der Waals surface area contributed by atoms with Crippen molar-refractivity contribution in [3.05, 3.63) is 69.0 Å². The van der Waals surface area contributed by atoms with Gasteiger partial charge in [-0.05, 0) is 68.1 Å². The van der Waals surface area contributed by atoms with Gasteiger partial charge in [-0.2, -0.15) is 0 Å². The number of nitrogens with two attached hydrogens (primary N) is 1. The van der Waals surface area contributed by atoms with Crippen molar-refractivity contribution in [2.75, 3.05) is 19.0 Å². The number of hydrogen-bond acceptors (Lipinski definition) is 9. The quantitative estimate of drug-likeness (QED) is 0.161. The average Bonchev–Trinajstić information content (AvgIpc) is 2.95. The first kappa shape index (κ1) is 34.3. The zero-order chi connectivity index (χ0) is 33.8. The fourth-order valence-corrected chi connectivity index (χ4v) is 5.01. The minimum Gasteiger partial charge on any atom is -0.481 e. The normalized spacial score (nSPS) is 13.1. The highest BCUT2D eigenvalue weighted by molar-refractivity contribution is 6.12. The van der Waals surface area contributed by atoms with E-state index in [0.29, 0.717) is 27.3 Å². The van der Waals surface area contributed by atoms with E-state index in [1.165, 1.54) is 6.07 Å². The molecule has 2 aromatic carbocycles. The van der Waals surface area contributed by atoms with Crippen molar-refractivity contribution in [1.29, 1.82) is 0 Å². The Morgan fingerprint density at radius 3 is 2.29 bits per heavy atom. The van der Waals surface area contributed by atoms with Crippen molar-refractivity contribution in [1.82, 2.24) is 14.9 Å². The van der Waals surface area contributed by atoms with Gasteiger partial charge in [0.05, 0.1) is 16.5 Å². The van der Waals surface area contributed by atoms with E-state index in [2.05, 4.69) is 9.97 Å². The van der Waals surface area contributed by atoms with Gasteiger partial charge >= 0.3 is 17.9 Å². The number of carbonyl (C=O) groups is 5. The number of likely N-dealkylation sites (N-methyl/N-ethyl adjacent to an activating group) is 1. The SMILES string of the molecule is Cc1nc2cc(C)c(CN(C)c3ccc(C(=O)N(C)[C@@](CCC(=O)O)(C(=O)O)C(=O)CC[C@H](N)C(=O)O)c(F)c3)cc2c(=O)[nH]1. The number of amides is 1. The van der Waals surface area contributed by atoms with E-state index in [1.807, 2.05) is 6.92 Å². The fraction of sp³-hybridized carbons (Fsp3) is 0.367. The number of rotatable bonds is 14. The maximum atomic E-state index is 15.4. The second-order valence-corrected chi connectivity index (χ2v) is 10.8. The summed E-state index contributed by atoms with van der Waals surface area (Å²) in [5, 5.41) is 28.7. The number of benzene rings is 2. The van der Waals surface area contributed by atoms with Gasteiger partial charge in [-0.1, -0.05) is 0 Å². The largest absolute Gasteiger partial charge is 0.481 e. The van der Waals surface area contributed by atoms with E-state index in [9.17, 15) is 39.0 Å². The number of aliphatic carboxylic acids is 3. The molecule has 3 aromatic rings. The van der Waals surface area contributed by atoms with Gasteiger partial charge in [-0.15, -0.1) is 0 Å². The van der Waals surface area contributed by atoms with Gasteiger partial charge in [-0.25, -0.2) is 14.2 Å². The second kappa shape index (κ2) is 13.6. The molecule has 6 N–H and O–H groups in total. The number of nitrogens with one attached hydrogen (secondary N) is 1. The summed E-state index contributed by atoms with van der Waals surface area (Å²) < 4.78 is 15.4. The standard InChI is InChI=1S/C30H34FN5O9/c1-15-11-23-20(26(40)34-16(2)33-23)12-17(15)14-35(3)18-5-6-19(21(31)13-18)27(41)36(4)30(29(44)45,10-9-25(38)39)24(37)8-7-22(32)28(42)43/h5-6,11-13,22H,7-10,14,32H2,1-4H3,(H,38,39)(H,42,43)(H,44,45)(H,33,34,40)/t22-,30+/m0/s1. The molecular formula is C30H34FN5O9. The lowest BCUT2D eigenvalue weighted by molar-refractivity contribution is -0.156. The van der Waals surface area contributed by atoms with Crippen LogP contribution in [0.25, 0.3) is 10.9 Å². The molecule has 0 fully saturated rings. The number of aryl methyl sites for hydroxylation is 2. The first-order chi connectivity index (χ1) is 21.0. The summed E-state index contributed by atoms with van der Waals surface area (Å²) >= 11 is 0. The molecule has 240 valence electrons. The maximum Gasteiger partial charge on any atom is 0.337 e. The number of ketones is 1. The Kier molecular flexibility index (Phi) is 10.4. The number of hydrogen-bond donors (Lipinski definition) is 5. The van der Waals surface area contributed by atoms with Crippen LogP contribution in [0.4, 0.5) is 10.1 Å². The molecule has 0 saturated heterocycles. The molecule has 1 amide bonds. The predicted molar refractivity (Wildman–Crippen MR) is 160 cm³/mol. The molecule has 0 aliphatic carbocycles. The van der Waals surface area contributed by atoms with Crippen LogP contribution in [-0.4, -0.2) is 85.5 Å². The Balaban J connectivity index is 1.92. The number of carboxylic acids is 3. The topological polar surface area (TPSA) is 224 Å². The zero-order valence-electron chi connectivity index (χ0n) is 25.1. The Bertz CT molecular complexity index is 1740. The maximum absolute atomic E-state index is 15.4. The van der Waals surface area contributed by atoms with Crippen molar-refractivity contribution >= 4 is 46.2 Å². The molecule has 0 aliphatic rings. The third-order valence-corrected chi connectivity index (χ3v) is 7.71. The summed E-state index contributed by atoms with van der Waals surface area (Å²) in [4.78, 5) is 83.2. The van der Waals surface area contributed by atoms with Gasteiger partial charge in [0.25, 0.3) is 11.5 Å². The number of H-pyrrole nitrogens is 1. The molecular weight excluding hydrogens is 593 g/mol. The number of anilines is 1. The first-order valence-corrected chi connectivity index (χ1v) is 13.8. The van der Waals surface area contributed by atoms with Crippen LogP contribution in [0.3, 0.4) is 0 Å². The number of fused-ring (bicyclic) bond motifs is 1. The monoisotopic (exact) mass is 627 g/mol. The highest BCUT2D eigenvalue weighted by Crippen LogP contribution is 2.29. The van der Waals surface area contributed by atoms with Crippen molar-refractivity contribution in [3.8, 4) is 0 Å². The Labute approximate surface area is 256 Å². The minimum atomic E-state index is -2.74. The molecule has 15 heteroatoms. The van der Waals surface area contributed by atoms with Gasteiger partial charge in [0.1, 0.15) is 17.7 Å². The van der Waals surface area contributed by atoms with Crippen LogP contribution in [0.1, 0.15) is 53.0 Å². The number of carbonyl (C=O) groups excluding carboxylic acids is 2. The number of halogens is 1. The molecule has 2 atom stereocenters. The molecule has 0 unspecified atom stereocenters. The van der Waals surface area contributed by atoms with E-state index in [1.54, 1.807) is 31.0 Å². The smallest absolute Gasteiger partial charge is 0.337 e. The van der Waals surface area contributed by atoms with Gasteiger partial charge < -0.3 is 35.8 Å². The van der Waals surface area contributed by atoms with E-state index in [-0.39, 0.29) is 12.1 Å². The highest BCUT2D eigenvalue weighted by atomic mass is 19.1. The number of nitrogens with zero attached hydrogens (tertiary/aromatic N) is 3. The molecule has 0 spiro atoms. The summed E-state index contributed by atoms with van der Waals surface area (Å²) in [6, 6.07) is 5.52. The summed E-state index contributed by atoms with van der Waals surface area (Å²) in [7, 11) is 2.60. The second-order valence-electron chi connectivity index (χ2n) is 10.8. The molecule has 14 nitrogen and oxygen atoms in total. The Morgan fingerprint density at radius 1 is 1.04 bits per heavy atom. The summed E-state index contributed by atoms with van der Waals surface area (Å²) in [6.07, 6.45) is -2.86. The number of Topliss-reactive ketones (excluding diaryl/α,β-unsaturated/α-hetero) is 1. The van der Waals surface area contributed by atoms with Crippen molar-refractivity contribution in [3.63, 3.8) is 0 Å². The van der Waals surface area contributed by atoms with Gasteiger partial charge in [0.2, 0.25) is 0 Å². The van der Waals surface area contributed by atoms with Crippen LogP contribution in [-0.2, 0) is 25.7 Å². The van der Waals surface area contributed by atoms with Crippen LogP contribution in [0.5, 0.6) is 0 Å². The van der Waals surface area contributed by atoms with Crippen molar-refractivity contribution in [2.24, 2.45) is 5.73 Å². The van der Waals surface area contributed by atoms with Crippen LogP contribution in [0.15, 0.2) is 35.1 Å². The molecule has 0 bridgehead atoms. The van der Waals surface area contributed by atoms with E-state index < -0.39 is 78.2 Å². The molecule has 0 aliphatic heterocycles. The lowest BCUT2D eigenvalue weighted by Gasteiger charge is -2.37. The van der Waals surface area contributed by atoms with Gasteiger partial charge in [-0.3, -0.25) is 24.0 Å². The fourth-order valence-electron chi connectivity index (χ4n) is 5.01. The van der Waals surface area contributed by atoms with Crippen molar-refractivity contribution in [2.45, 2.75) is 57.7 Å². The lowest BCUT2D eigenvalue weighted by Crippen LogP contribution is -2.61. The number of carboxylic acid groups (broad SMARTS) is 3. The summed E-state index contributed by atoms with van der Waals surface area (Å²) in [6.45, 7) is 3.76. The number of aromatic amines is 1. The van der Waals surface area contributed by atoms with Crippen molar-refractivity contribution < 1.29 is 43.7 Å². The molecule has 3 rings (SSSR count). The molecule has 45 heavy (non-hydrogen) atoms. The van der Waals surface area contributed by atoms with Crippen LogP contribution in [0, 0.1) is 19.7 Å². The zero-order valence-corrected chi connectivity index (χ0v) is 25.1. The summed E-state index contributed by atoms with van der Waals surface area (Å²) in [5.41, 5.74) is 4.26. The Morgan fingerprint density at radius 2 is 1.71 bits per heavy atom. The Hall–Kier alpha value is -5.18. The lowest BCUT2D eigenvalue weighted by atomic mass is 9.83. The van der Waals surface area contributed by atoms with Gasteiger partial charge in [0.15, 0.2) is 11.3 Å². The van der Waals surface area contributed by atoms with Crippen LogP contribution >= 0.6 is 0 Å². The third kappa shape index (κ3) is 7.32.